The third-order valence-corrected chi connectivity index (χ3v) is 6.53. The molecular formula is C32H46O5. The molecule has 0 aromatic rings. The molecule has 0 aliphatic carbocycles. The van der Waals surface area contributed by atoms with E-state index in [1.807, 2.05) is 65.8 Å². The second-order valence-electron chi connectivity index (χ2n) is 10.9. The lowest BCUT2D eigenvalue weighted by molar-refractivity contribution is -0.143. The molecule has 0 spiro atoms. The Balaban J connectivity index is 2.56. The van der Waals surface area contributed by atoms with E-state index in [1.165, 1.54) is 12.2 Å². The fourth-order valence-electron chi connectivity index (χ4n) is 4.73. The second kappa shape index (κ2) is 16.0. The quantitative estimate of drug-likeness (QED) is 0.149. The molecular weight excluding hydrogens is 464 g/mol. The van der Waals surface area contributed by atoms with Crippen LogP contribution in [0.4, 0.5) is 0 Å². The Hall–Kier alpha value is -2.95. The smallest absolute Gasteiger partial charge is 0.331 e. The number of aliphatic carboxylic acids is 1. The number of rotatable bonds is 14. The van der Waals surface area contributed by atoms with Crippen LogP contribution in [0.25, 0.3) is 0 Å². The highest BCUT2D eigenvalue weighted by atomic mass is 16.5. The Morgan fingerprint density at radius 2 is 1.70 bits per heavy atom. The molecule has 5 nitrogen and oxygen atoms in total. The zero-order chi connectivity index (χ0) is 28.1. The summed E-state index contributed by atoms with van der Waals surface area (Å²) in [5, 5.41) is 8.87. The van der Waals surface area contributed by atoms with Gasteiger partial charge in [-0.05, 0) is 57.9 Å². The number of esters is 1. The van der Waals surface area contributed by atoms with Crippen LogP contribution in [0.2, 0.25) is 0 Å². The highest BCUT2D eigenvalue weighted by molar-refractivity contribution is 5.84. The lowest BCUT2D eigenvalue weighted by Gasteiger charge is -2.21. The maximum absolute atomic E-state index is 12.9. The van der Waals surface area contributed by atoms with Crippen molar-refractivity contribution in [3.63, 3.8) is 0 Å². The molecule has 0 amide bonds. The Morgan fingerprint density at radius 1 is 1.05 bits per heavy atom. The van der Waals surface area contributed by atoms with Crippen molar-refractivity contribution >= 4 is 17.7 Å². The summed E-state index contributed by atoms with van der Waals surface area (Å²) < 4.78 is 5.35. The number of hydrogen-bond acceptors (Lipinski definition) is 4. The maximum atomic E-state index is 12.9. The summed E-state index contributed by atoms with van der Waals surface area (Å²) >= 11 is 0. The van der Waals surface area contributed by atoms with Crippen LogP contribution in [0.5, 0.6) is 0 Å². The fraction of sp³-hybridized carbons (Fsp3) is 0.531. The molecule has 6 atom stereocenters. The zero-order valence-electron chi connectivity index (χ0n) is 23.9. The molecule has 0 bridgehead atoms. The summed E-state index contributed by atoms with van der Waals surface area (Å²) in [6.45, 7) is 16.0. The van der Waals surface area contributed by atoms with Gasteiger partial charge in [0, 0.05) is 29.9 Å². The Bertz CT molecular complexity index is 975. The van der Waals surface area contributed by atoms with Gasteiger partial charge >= 0.3 is 11.9 Å². The Labute approximate surface area is 223 Å². The SMILES string of the molecule is CC(C=CC1OC(=O)C=CC1C)=CC(C)CC=CC(C)=CC(C)C(=O)C(C)CC(C)CC(C)=CC(=O)O. The van der Waals surface area contributed by atoms with Gasteiger partial charge in [0.1, 0.15) is 11.9 Å². The fourth-order valence-corrected chi connectivity index (χ4v) is 4.73. The van der Waals surface area contributed by atoms with E-state index >= 15 is 0 Å². The van der Waals surface area contributed by atoms with E-state index in [0.717, 1.165) is 29.6 Å². The number of cyclic esters (lactones) is 1. The van der Waals surface area contributed by atoms with Crippen molar-refractivity contribution in [2.24, 2.45) is 29.6 Å². The summed E-state index contributed by atoms with van der Waals surface area (Å²) in [4.78, 5) is 35.1. The molecule has 0 fully saturated rings. The monoisotopic (exact) mass is 510 g/mol. The minimum atomic E-state index is -0.926. The van der Waals surface area contributed by atoms with Gasteiger partial charge in [-0.3, -0.25) is 4.79 Å². The van der Waals surface area contributed by atoms with Crippen LogP contribution in [0, 0.1) is 29.6 Å². The number of carboxylic acids is 1. The van der Waals surface area contributed by atoms with Gasteiger partial charge in [0.25, 0.3) is 0 Å². The van der Waals surface area contributed by atoms with Crippen LogP contribution in [-0.2, 0) is 19.1 Å². The molecule has 37 heavy (non-hydrogen) atoms. The number of carbonyl (C=O) groups excluding carboxylic acids is 2. The van der Waals surface area contributed by atoms with Crippen molar-refractivity contribution in [3.8, 4) is 0 Å². The lowest BCUT2D eigenvalue weighted by Crippen LogP contribution is -2.25. The second-order valence-corrected chi connectivity index (χ2v) is 10.9. The normalized spacial score (nSPS) is 22.7. The first kappa shape index (κ1) is 32.1. The first-order valence-corrected chi connectivity index (χ1v) is 13.3. The average molecular weight is 511 g/mol. The van der Waals surface area contributed by atoms with Gasteiger partial charge in [0.15, 0.2) is 0 Å². The number of ketones is 1. The van der Waals surface area contributed by atoms with Crippen molar-refractivity contribution in [2.45, 2.75) is 80.8 Å². The number of Topliss-reactive ketones (excluding diaryl/α,β-unsaturated/α-hetero) is 1. The summed E-state index contributed by atoms with van der Waals surface area (Å²) in [6, 6.07) is 0. The molecule has 1 aliphatic rings. The van der Waals surface area contributed by atoms with Crippen LogP contribution < -0.4 is 0 Å². The summed E-state index contributed by atoms with van der Waals surface area (Å²) in [7, 11) is 0. The molecule has 0 saturated carbocycles. The van der Waals surface area contributed by atoms with E-state index in [1.54, 1.807) is 0 Å². The van der Waals surface area contributed by atoms with E-state index in [4.69, 9.17) is 9.84 Å². The van der Waals surface area contributed by atoms with Crippen LogP contribution in [0.15, 0.2) is 71.4 Å². The molecule has 0 radical (unpaired) electrons. The summed E-state index contributed by atoms with van der Waals surface area (Å²) in [6.07, 6.45) is 19.1. The van der Waals surface area contributed by atoms with Gasteiger partial charge in [-0.1, -0.05) is 87.8 Å². The number of hydrogen-bond donors (Lipinski definition) is 1. The summed E-state index contributed by atoms with van der Waals surface area (Å²) in [5.74, 6) is -0.487. The highest BCUT2D eigenvalue weighted by Gasteiger charge is 2.21. The van der Waals surface area contributed by atoms with Crippen LogP contribution in [-0.4, -0.2) is 28.9 Å². The molecule has 1 N–H and O–H groups in total. The number of carboxylic acid groups (broad SMARTS) is 1. The molecule has 0 saturated heterocycles. The van der Waals surface area contributed by atoms with E-state index in [-0.39, 0.29) is 41.5 Å². The molecule has 1 heterocycles. The predicted octanol–water partition coefficient (Wildman–Crippen LogP) is 7.42. The highest BCUT2D eigenvalue weighted by Crippen LogP contribution is 2.23. The first-order chi connectivity index (χ1) is 17.3. The van der Waals surface area contributed by atoms with Gasteiger partial charge in [0.05, 0.1) is 0 Å². The minimum Gasteiger partial charge on any atom is -0.478 e. The first-order valence-electron chi connectivity index (χ1n) is 13.3. The van der Waals surface area contributed by atoms with Crippen molar-refractivity contribution in [1.29, 1.82) is 0 Å². The van der Waals surface area contributed by atoms with Crippen LogP contribution in [0.3, 0.4) is 0 Å². The van der Waals surface area contributed by atoms with Crippen LogP contribution in [0.1, 0.15) is 74.7 Å². The average Bonchev–Trinajstić information content (AvgIpc) is 2.78. The summed E-state index contributed by atoms with van der Waals surface area (Å²) in [5.41, 5.74) is 3.02. The number of allylic oxidation sites excluding steroid dienone is 8. The largest absolute Gasteiger partial charge is 0.478 e. The topological polar surface area (TPSA) is 80.7 Å². The van der Waals surface area contributed by atoms with E-state index in [9.17, 15) is 14.4 Å². The third-order valence-electron chi connectivity index (χ3n) is 6.53. The molecule has 1 aliphatic heterocycles. The minimum absolute atomic E-state index is 0.0759. The van der Waals surface area contributed by atoms with Crippen molar-refractivity contribution in [3.05, 3.63) is 71.4 Å². The van der Waals surface area contributed by atoms with Crippen molar-refractivity contribution in [2.75, 3.05) is 0 Å². The molecule has 6 unspecified atom stereocenters. The number of carbonyl (C=O) groups is 3. The predicted molar refractivity (Wildman–Crippen MR) is 151 cm³/mol. The lowest BCUT2D eigenvalue weighted by atomic mass is 9.85. The molecule has 5 heteroatoms. The zero-order valence-corrected chi connectivity index (χ0v) is 23.9. The van der Waals surface area contributed by atoms with Gasteiger partial charge in [-0.25, -0.2) is 9.59 Å². The van der Waals surface area contributed by atoms with Crippen molar-refractivity contribution in [1.82, 2.24) is 0 Å². The molecule has 1 rings (SSSR count). The Kier molecular flexibility index (Phi) is 13.9. The van der Waals surface area contributed by atoms with E-state index < -0.39 is 5.97 Å². The van der Waals surface area contributed by atoms with Gasteiger partial charge < -0.3 is 9.84 Å². The number of ether oxygens (including phenoxy) is 1. The standard InChI is InChI=1S/C32H46O5/c1-21(16-23(3)12-14-29-26(6)13-15-31(35)37-29)10-9-11-22(2)18-27(7)32(36)28(8)19-24(4)17-25(5)20-30(33)34/h9,11-16,18,20-21,24,26-29H,10,17,19H2,1-8H3,(H,33,34). The molecule has 0 aromatic carbocycles. The third kappa shape index (κ3) is 13.2. The van der Waals surface area contributed by atoms with Crippen molar-refractivity contribution < 1.29 is 24.2 Å². The van der Waals surface area contributed by atoms with E-state index in [2.05, 4.69) is 32.1 Å². The molecule has 204 valence electrons. The molecule has 0 aromatic heterocycles. The van der Waals surface area contributed by atoms with Gasteiger partial charge in [-0.2, -0.15) is 0 Å². The Morgan fingerprint density at radius 3 is 2.35 bits per heavy atom. The van der Waals surface area contributed by atoms with Gasteiger partial charge in [-0.15, -0.1) is 0 Å². The van der Waals surface area contributed by atoms with Gasteiger partial charge in [0.2, 0.25) is 0 Å². The van der Waals surface area contributed by atoms with Crippen LogP contribution >= 0.6 is 0 Å². The van der Waals surface area contributed by atoms with E-state index in [0.29, 0.717) is 12.3 Å². The maximum Gasteiger partial charge on any atom is 0.331 e.